The lowest BCUT2D eigenvalue weighted by Gasteiger charge is -2.41. The highest BCUT2D eigenvalue weighted by atomic mass is 32.2. The van der Waals surface area contributed by atoms with Crippen molar-refractivity contribution < 1.29 is 22.7 Å². The fourth-order valence-corrected chi connectivity index (χ4v) is 5.71. The summed E-state index contributed by atoms with van der Waals surface area (Å²) >= 11 is 0. The molecular formula is C22H30N2O5S. The molecule has 0 radical (unpaired) electrons. The van der Waals surface area contributed by atoms with Crippen LogP contribution in [0.1, 0.15) is 50.0 Å². The van der Waals surface area contributed by atoms with Crippen molar-refractivity contribution in [3.05, 3.63) is 41.8 Å². The van der Waals surface area contributed by atoms with Crippen LogP contribution in [0.15, 0.2) is 36.3 Å². The summed E-state index contributed by atoms with van der Waals surface area (Å²) in [5.41, 5.74) is 1.16. The van der Waals surface area contributed by atoms with Crippen molar-refractivity contribution in [1.82, 2.24) is 9.62 Å². The van der Waals surface area contributed by atoms with E-state index < -0.39 is 16.1 Å². The minimum atomic E-state index is -3.61. The highest BCUT2D eigenvalue weighted by molar-refractivity contribution is 7.92. The fourth-order valence-electron chi connectivity index (χ4n) is 4.92. The Morgan fingerprint density at radius 2 is 1.90 bits per heavy atom. The zero-order chi connectivity index (χ0) is 21.1. The normalized spacial score (nSPS) is 30.1. The number of hydrogen-bond acceptors (Lipinski definition) is 5. The maximum absolute atomic E-state index is 13.1. The molecule has 5 rings (SSSR count). The molecule has 0 aromatic heterocycles. The molecule has 1 saturated carbocycles. The Balaban J connectivity index is 1.61. The van der Waals surface area contributed by atoms with Crippen LogP contribution in [0.5, 0.6) is 5.75 Å². The second-order valence-electron chi connectivity index (χ2n) is 8.37. The number of nitrogens with one attached hydrogen (secondary N) is 1. The number of fused-ring (bicyclic) bond motifs is 5. The van der Waals surface area contributed by atoms with Crippen LogP contribution in [-0.2, 0) is 19.6 Å². The number of carbonyl (C=O) groups is 1. The number of carbonyl (C=O) groups excluding carboxylic acids is 1. The third-order valence-corrected chi connectivity index (χ3v) is 7.59. The molecule has 1 N–H and O–H groups in total. The van der Waals surface area contributed by atoms with Gasteiger partial charge in [0.25, 0.3) is 5.91 Å². The summed E-state index contributed by atoms with van der Waals surface area (Å²) in [5.74, 6) is 1.03. The van der Waals surface area contributed by atoms with Crippen LogP contribution in [0.2, 0.25) is 0 Å². The Labute approximate surface area is 178 Å². The number of piperidine rings is 1. The molecule has 4 aliphatic rings. The van der Waals surface area contributed by atoms with Crippen LogP contribution >= 0.6 is 0 Å². The van der Waals surface area contributed by atoms with Gasteiger partial charge in [-0.1, -0.05) is 24.8 Å². The van der Waals surface area contributed by atoms with Crippen molar-refractivity contribution in [3.8, 4) is 5.75 Å². The molecule has 1 aromatic rings. The maximum atomic E-state index is 13.1. The van der Waals surface area contributed by atoms with Gasteiger partial charge in [-0.2, -0.15) is 0 Å². The van der Waals surface area contributed by atoms with E-state index in [1.165, 1.54) is 0 Å². The Hall–Kier alpha value is -1.90. The fraction of sp³-hybridized carbons (Fsp3) is 0.591. The van der Waals surface area contributed by atoms with E-state index in [1.54, 1.807) is 4.90 Å². The van der Waals surface area contributed by atoms with Gasteiger partial charge in [-0.15, -0.1) is 0 Å². The highest BCUT2D eigenvalue weighted by Crippen LogP contribution is 2.38. The molecule has 3 aliphatic heterocycles. The van der Waals surface area contributed by atoms with E-state index in [2.05, 4.69) is 17.4 Å². The first-order valence-corrected chi connectivity index (χ1v) is 12.3. The molecule has 1 amide bonds. The monoisotopic (exact) mass is 434 g/mol. The molecule has 1 saturated heterocycles. The van der Waals surface area contributed by atoms with E-state index in [-0.39, 0.29) is 24.7 Å². The standard InChI is InChI=1S/C22H30N2O5S/c1-2-30(26,27)23-19-7-5-13-24-20(19)14-28-17-11-9-16(10-12-17)18-6-3-4-8-21(18)29-15-22(24)25/h2-4,6,8,16-17,19-20,23H,1,5,7,9-15H2/t16-,17+,19-,20-/m0/s1. The smallest absolute Gasteiger partial charge is 0.260 e. The van der Waals surface area contributed by atoms with Crippen molar-refractivity contribution in [2.24, 2.45) is 0 Å². The van der Waals surface area contributed by atoms with Gasteiger partial charge in [-0.3, -0.25) is 4.79 Å². The summed E-state index contributed by atoms with van der Waals surface area (Å²) in [6.07, 6.45) is 5.42. The van der Waals surface area contributed by atoms with Gasteiger partial charge in [0.05, 0.1) is 18.8 Å². The van der Waals surface area contributed by atoms with Crippen LogP contribution < -0.4 is 9.46 Å². The zero-order valence-electron chi connectivity index (χ0n) is 17.2. The first-order chi connectivity index (χ1) is 14.5. The van der Waals surface area contributed by atoms with Crippen LogP contribution in [0.4, 0.5) is 0 Å². The Morgan fingerprint density at radius 3 is 2.67 bits per heavy atom. The van der Waals surface area contributed by atoms with Gasteiger partial charge in [0, 0.05) is 18.0 Å². The summed E-state index contributed by atoms with van der Waals surface area (Å²) in [7, 11) is -3.61. The Kier molecular flexibility index (Phi) is 6.46. The van der Waals surface area contributed by atoms with Gasteiger partial charge in [0.1, 0.15) is 5.75 Å². The predicted molar refractivity (Wildman–Crippen MR) is 114 cm³/mol. The van der Waals surface area contributed by atoms with Crippen LogP contribution in [-0.4, -0.2) is 57.2 Å². The maximum Gasteiger partial charge on any atom is 0.260 e. The zero-order valence-corrected chi connectivity index (χ0v) is 18.0. The number of nitrogens with zero attached hydrogens (tertiary/aromatic N) is 1. The highest BCUT2D eigenvalue weighted by Gasteiger charge is 2.37. The van der Waals surface area contributed by atoms with Crippen molar-refractivity contribution >= 4 is 15.9 Å². The van der Waals surface area contributed by atoms with Gasteiger partial charge in [-0.25, -0.2) is 13.1 Å². The Bertz CT molecular complexity index is 879. The molecule has 2 bridgehead atoms. The second-order valence-corrected chi connectivity index (χ2v) is 10.0. The molecular weight excluding hydrogens is 404 g/mol. The molecule has 1 aliphatic carbocycles. The first-order valence-electron chi connectivity index (χ1n) is 10.7. The van der Waals surface area contributed by atoms with E-state index in [1.807, 2.05) is 18.2 Å². The van der Waals surface area contributed by atoms with Crippen LogP contribution in [0, 0.1) is 0 Å². The molecule has 1 aromatic carbocycles. The van der Waals surface area contributed by atoms with Gasteiger partial charge in [0.15, 0.2) is 6.61 Å². The summed E-state index contributed by atoms with van der Waals surface area (Å²) in [6.45, 7) is 4.20. The average Bonchev–Trinajstić information content (AvgIpc) is 2.78. The summed E-state index contributed by atoms with van der Waals surface area (Å²) in [4.78, 5) is 14.8. The Morgan fingerprint density at radius 1 is 1.13 bits per heavy atom. The molecule has 3 heterocycles. The predicted octanol–water partition coefficient (Wildman–Crippen LogP) is 2.54. The number of hydrogen-bond donors (Lipinski definition) is 1. The number of benzene rings is 1. The largest absolute Gasteiger partial charge is 0.483 e. The van der Waals surface area contributed by atoms with Gasteiger partial charge in [0.2, 0.25) is 10.0 Å². The molecule has 30 heavy (non-hydrogen) atoms. The molecule has 2 fully saturated rings. The average molecular weight is 435 g/mol. The van der Waals surface area contributed by atoms with Crippen molar-refractivity contribution in [3.63, 3.8) is 0 Å². The summed E-state index contributed by atoms with van der Waals surface area (Å²) in [5, 5.41) is 0.912. The van der Waals surface area contributed by atoms with E-state index in [0.29, 0.717) is 31.9 Å². The van der Waals surface area contributed by atoms with Gasteiger partial charge in [-0.05, 0) is 56.1 Å². The molecule has 7 nitrogen and oxygen atoms in total. The lowest BCUT2D eigenvalue weighted by atomic mass is 9.82. The number of para-hydroxylation sites is 1. The van der Waals surface area contributed by atoms with E-state index in [4.69, 9.17) is 9.47 Å². The molecule has 8 heteroatoms. The van der Waals surface area contributed by atoms with Crippen molar-refractivity contribution in [2.75, 3.05) is 19.8 Å². The van der Waals surface area contributed by atoms with E-state index in [0.717, 1.165) is 42.4 Å². The topological polar surface area (TPSA) is 84.9 Å². The van der Waals surface area contributed by atoms with E-state index >= 15 is 0 Å². The third kappa shape index (κ3) is 4.71. The SMILES string of the molecule is C=CS(=O)(=O)N[C@H]1CCCN2C(=O)COc3ccccc3[C@H]3CC[C@H](CC3)OC[C@@H]12. The minimum Gasteiger partial charge on any atom is -0.483 e. The second kappa shape index (κ2) is 9.08. The molecule has 0 spiro atoms. The first kappa shape index (κ1) is 21.3. The molecule has 164 valence electrons. The van der Waals surface area contributed by atoms with Crippen LogP contribution in [0.25, 0.3) is 0 Å². The number of sulfonamides is 1. The minimum absolute atomic E-state index is 0.0649. The number of rotatable bonds is 3. The third-order valence-electron chi connectivity index (χ3n) is 6.52. The lowest BCUT2D eigenvalue weighted by Crippen LogP contribution is -2.59. The quantitative estimate of drug-likeness (QED) is 0.790. The van der Waals surface area contributed by atoms with Crippen LogP contribution in [0.3, 0.4) is 0 Å². The summed E-state index contributed by atoms with van der Waals surface area (Å²) < 4.78 is 39.1. The van der Waals surface area contributed by atoms with Crippen molar-refractivity contribution in [2.45, 2.75) is 62.6 Å². The molecule has 2 atom stereocenters. The molecule has 0 unspecified atom stereocenters. The number of ether oxygens (including phenoxy) is 2. The number of amides is 1. The lowest BCUT2D eigenvalue weighted by molar-refractivity contribution is -0.140. The van der Waals surface area contributed by atoms with Gasteiger partial charge >= 0.3 is 0 Å². The van der Waals surface area contributed by atoms with Gasteiger partial charge < -0.3 is 14.4 Å². The van der Waals surface area contributed by atoms with E-state index in [9.17, 15) is 13.2 Å². The van der Waals surface area contributed by atoms with Crippen molar-refractivity contribution in [1.29, 1.82) is 0 Å². The summed E-state index contributed by atoms with van der Waals surface area (Å²) in [6, 6.07) is 7.20.